The normalized spacial score (nSPS) is 14.2. The molecule has 0 aliphatic carbocycles. The van der Waals surface area contributed by atoms with E-state index in [4.69, 9.17) is 4.42 Å². The smallest absolute Gasteiger partial charge is 0.220 e. The molecule has 2 aromatic carbocycles. The SMILES string of the molecule is O=C(CCc1nc2ccccc2o1)NCCCN1CCc2ccccc2C1. The van der Waals surface area contributed by atoms with Crippen LogP contribution in [0.3, 0.4) is 0 Å². The zero-order chi connectivity index (χ0) is 18.5. The summed E-state index contributed by atoms with van der Waals surface area (Å²) in [6.07, 6.45) is 3.02. The standard InChI is InChI=1S/C22H25N3O2/c26-21(10-11-22-24-19-8-3-4-9-20(19)27-22)23-13-5-14-25-15-12-17-6-1-2-7-18(17)16-25/h1-4,6-9H,5,10-16H2,(H,23,26). The van der Waals surface area contributed by atoms with Gasteiger partial charge in [-0.1, -0.05) is 36.4 Å². The summed E-state index contributed by atoms with van der Waals surface area (Å²) >= 11 is 0. The second-order valence-corrected chi connectivity index (χ2v) is 7.07. The summed E-state index contributed by atoms with van der Waals surface area (Å²) in [5, 5.41) is 3.01. The first-order chi connectivity index (χ1) is 13.3. The highest BCUT2D eigenvalue weighted by Crippen LogP contribution is 2.18. The third-order valence-corrected chi connectivity index (χ3v) is 5.09. The van der Waals surface area contributed by atoms with Crippen LogP contribution < -0.4 is 5.32 Å². The third-order valence-electron chi connectivity index (χ3n) is 5.09. The number of oxazole rings is 1. The zero-order valence-electron chi connectivity index (χ0n) is 15.5. The van der Waals surface area contributed by atoms with E-state index < -0.39 is 0 Å². The molecule has 1 N–H and O–H groups in total. The van der Waals surface area contributed by atoms with Gasteiger partial charge in [-0.2, -0.15) is 0 Å². The van der Waals surface area contributed by atoms with Crippen molar-refractivity contribution in [2.45, 2.75) is 32.2 Å². The molecule has 0 bridgehead atoms. The Labute approximate surface area is 159 Å². The van der Waals surface area contributed by atoms with Crippen LogP contribution in [0.4, 0.5) is 0 Å². The van der Waals surface area contributed by atoms with Crippen molar-refractivity contribution in [3.8, 4) is 0 Å². The van der Waals surface area contributed by atoms with Gasteiger partial charge >= 0.3 is 0 Å². The first kappa shape index (κ1) is 17.7. The Kier molecular flexibility index (Phi) is 5.49. The summed E-state index contributed by atoms with van der Waals surface area (Å²) in [5.41, 5.74) is 4.53. The molecule has 2 heterocycles. The largest absolute Gasteiger partial charge is 0.441 e. The molecule has 140 valence electrons. The molecule has 3 aromatic rings. The predicted octanol–water partition coefficient (Wildman–Crippen LogP) is 3.33. The number of nitrogens with one attached hydrogen (secondary N) is 1. The van der Waals surface area contributed by atoms with Crippen LogP contribution in [0.1, 0.15) is 29.9 Å². The van der Waals surface area contributed by atoms with Crippen molar-refractivity contribution in [3.63, 3.8) is 0 Å². The van der Waals surface area contributed by atoms with Crippen LogP contribution in [-0.4, -0.2) is 35.4 Å². The lowest BCUT2D eigenvalue weighted by Crippen LogP contribution is -2.33. The summed E-state index contributed by atoms with van der Waals surface area (Å²) in [7, 11) is 0. The monoisotopic (exact) mass is 363 g/mol. The molecule has 0 fully saturated rings. The molecule has 1 aliphatic rings. The maximum Gasteiger partial charge on any atom is 0.220 e. The van der Waals surface area contributed by atoms with E-state index in [1.165, 1.54) is 11.1 Å². The lowest BCUT2D eigenvalue weighted by Gasteiger charge is -2.28. The molecule has 27 heavy (non-hydrogen) atoms. The van der Waals surface area contributed by atoms with Crippen molar-refractivity contribution in [2.24, 2.45) is 0 Å². The van der Waals surface area contributed by atoms with Crippen LogP contribution in [0, 0.1) is 0 Å². The lowest BCUT2D eigenvalue weighted by atomic mass is 10.00. The van der Waals surface area contributed by atoms with E-state index in [-0.39, 0.29) is 5.91 Å². The molecule has 0 spiro atoms. The molecule has 5 nitrogen and oxygen atoms in total. The highest BCUT2D eigenvalue weighted by Gasteiger charge is 2.15. The molecule has 0 saturated heterocycles. The molecule has 5 heteroatoms. The van der Waals surface area contributed by atoms with Crippen LogP contribution in [-0.2, 0) is 24.2 Å². The zero-order valence-corrected chi connectivity index (χ0v) is 15.5. The molecule has 1 amide bonds. The van der Waals surface area contributed by atoms with E-state index in [9.17, 15) is 4.79 Å². The van der Waals surface area contributed by atoms with Crippen molar-refractivity contribution < 1.29 is 9.21 Å². The molecular formula is C22H25N3O2. The van der Waals surface area contributed by atoms with Gasteiger partial charge in [0.25, 0.3) is 0 Å². The number of rotatable bonds is 7. The number of nitrogens with zero attached hydrogens (tertiary/aromatic N) is 2. The van der Waals surface area contributed by atoms with E-state index in [1.807, 2.05) is 24.3 Å². The number of para-hydroxylation sites is 2. The minimum atomic E-state index is 0.0567. The van der Waals surface area contributed by atoms with E-state index in [0.29, 0.717) is 25.3 Å². The Bertz CT molecular complexity index is 886. The number of amides is 1. The van der Waals surface area contributed by atoms with E-state index in [1.54, 1.807) is 0 Å². The van der Waals surface area contributed by atoms with Gasteiger partial charge in [-0.25, -0.2) is 4.98 Å². The average Bonchev–Trinajstić information content (AvgIpc) is 3.12. The maximum atomic E-state index is 12.1. The number of carbonyl (C=O) groups is 1. The van der Waals surface area contributed by atoms with Gasteiger partial charge in [-0.05, 0) is 36.1 Å². The van der Waals surface area contributed by atoms with E-state index >= 15 is 0 Å². The lowest BCUT2D eigenvalue weighted by molar-refractivity contribution is -0.121. The molecule has 0 saturated carbocycles. The molecular weight excluding hydrogens is 338 g/mol. The highest BCUT2D eigenvalue weighted by molar-refractivity contribution is 5.76. The van der Waals surface area contributed by atoms with E-state index in [2.05, 4.69) is 39.5 Å². The van der Waals surface area contributed by atoms with Gasteiger partial charge in [-0.15, -0.1) is 0 Å². The Morgan fingerprint density at radius 2 is 1.93 bits per heavy atom. The number of aromatic nitrogens is 1. The van der Waals surface area contributed by atoms with Gasteiger partial charge in [0.2, 0.25) is 5.91 Å². The number of benzene rings is 2. The molecule has 0 radical (unpaired) electrons. The Morgan fingerprint density at radius 1 is 1.11 bits per heavy atom. The Balaban J connectivity index is 1.15. The Morgan fingerprint density at radius 3 is 2.81 bits per heavy atom. The van der Waals surface area contributed by atoms with Crippen molar-refractivity contribution in [3.05, 3.63) is 65.5 Å². The number of fused-ring (bicyclic) bond motifs is 2. The first-order valence-electron chi connectivity index (χ1n) is 9.68. The van der Waals surface area contributed by atoms with Gasteiger partial charge in [0.15, 0.2) is 11.5 Å². The maximum absolute atomic E-state index is 12.1. The summed E-state index contributed by atoms with van der Waals surface area (Å²) in [5.74, 6) is 0.680. The number of aryl methyl sites for hydroxylation is 1. The molecule has 4 rings (SSSR count). The fourth-order valence-corrected chi connectivity index (χ4v) is 3.61. The van der Waals surface area contributed by atoms with E-state index in [0.717, 1.165) is 43.6 Å². The van der Waals surface area contributed by atoms with Crippen LogP contribution in [0.2, 0.25) is 0 Å². The number of hydrogen-bond donors (Lipinski definition) is 1. The minimum Gasteiger partial charge on any atom is -0.441 e. The average molecular weight is 363 g/mol. The summed E-state index contributed by atoms with van der Waals surface area (Å²) < 4.78 is 5.65. The second kappa shape index (κ2) is 8.35. The fraction of sp³-hybridized carbons (Fsp3) is 0.364. The summed E-state index contributed by atoms with van der Waals surface area (Å²) in [6, 6.07) is 16.3. The number of hydrogen-bond acceptors (Lipinski definition) is 4. The topological polar surface area (TPSA) is 58.4 Å². The summed E-state index contributed by atoms with van der Waals surface area (Å²) in [4.78, 5) is 18.9. The van der Waals surface area contributed by atoms with Crippen molar-refractivity contribution in [1.29, 1.82) is 0 Å². The van der Waals surface area contributed by atoms with Gasteiger partial charge in [-0.3, -0.25) is 9.69 Å². The van der Waals surface area contributed by atoms with Crippen molar-refractivity contribution in [2.75, 3.05) is 19.6 Å². The van der Waals surface area contributed by atoms with Crippen molar-refractivity contribution >= 4 is 17.0 Å². The van der Waals surface area contributed by atoms with Crippen LogP contribution >= 0.6 is 0 Å². The Hall–Kier alpha value is -2.66. The van der Waals surface area contributed by atoms with Gasteiger partial charge in [0.05, 0.1) is 0 Å². The van der Waals surface area contributed by atoms with Gasteiger partial charge in [0.1, 0.15) is 5.52 Å². The second-order valence-electron chi connectivity index (χ2n) is 7.07. The first-order valence-corrected chi connectivity index (χ1v) is 9.68. The third kappa shape index (κ3) is 4.55. The van der Waals surface area contributed by atoms with Crippen LogP contribution in [0.25, 0.3) is 11.1 Å². The predicted molar refractivity (Wildman–Crippen MR) is 105 cm³/mol. The quantitative estimate of drug-likeness (QED) is 0.654. The molecule has 1 aromatic heterocycles. The van der Waals surface area contributed by atoms with Crippen LogP contribution in [0.5, 0.6) is 0 Å². The van der Waals surface area contributed by atoms with Gasteiger partial charge < -0.3 is 9.73 Å². The van der Waals surface area contributed by atoms with Crippen molar-refractivity contribution in [1.82, 2.24) is 15.2 Å². The molecule has 0 unspecified atom stereocenters. The highest BCUT2D eigenvalue weighted by atomic mass is 16.3. The molecule has 0 atom stereocenters. The minimum absolute atomic E-state index is 0.0567. The summed E-state index contributed by atoms with van der Waals surface area (Å²) in [6.45, 7) is 3.84. The number of carbonyl (C=O) groups excluding carboxylic acids is 1. The molecule has 1 aliphatic heterocycles. The van der Waals surface area contributed by atoms with Crippen LogP contribution in [0.15, 0.2) is 52.9 Å². The fourth-order valence-electron chi connectivity index (χ4n) is 3.61. The van der Waals surface area contributed by atoms with Gasteiger partial charge in [0, 0.05) is 39.0 Å².